The topological polar surface area (TPSA) is 73.9 Å². The highest BCUT2D eigenvalue weighted by Crippen LogP contribution is 2.05. The average Bonchev–Trinajstić information content (AvgIpc) is 2.57. The zero-order valence-corrected chi connectivity index (χ0v) is 13.5. The van der Waals surface area contributed by atoms with Gasteiger partial charge in [0, 0.05) is 13.7 Å². The van der Waals surface area contributed by atoms with E-state index in [1.807, 2.05) is 24.3 Å². The predicted octanol–water partition coefficient (Wildman–Crippen LogP) is 1.58. The molecule has 0 aliphatic heterocycles. The van der Waals surface area contributed by atoms with E-state index in [1.165, 1.54) is 6.08 Å². The number of hydrogen-bond acceptors (Lipinski definition) is 5. The Morgan fingerprint density at radius 1 is 1.26 bits per heavy atom. The van der Waals surface area contributed by atoms with Crippen LogP contribution < -0.4 is 5.32 Å². The molecule has 23 heavy (non-hydrogen) atoms. The van der Waals surface area contributed by atoms with Crippen LogP contribution in [0.4, 0.5) is 0 Å². The number of hydrogen-bond donors (Lipinski definition) is 1. The Labute approximate surface area is 136 Å². The lowest BCUT2D eigenvalue weighted by atomic mass is 10.1. The molecule has 0 saturated carbocycles. The van der Waals surface area contributed by atoms with Crippen LogP contribution in [0.1, 0.15) is 18.1 Å². The summed E-state index contributed by atoms with van der Waals surface area (Å²) < 4.78 is 15.0. The molecule has 0 spiro atoms. The van der Waals surface area contributed by atoms with Gasteiger partial charge in [-0.15, -0.1) is 6.58 Å². The van der Waals surface area contributed by atoms with Crippen molar-refractivity contribution in [1.82, 2.24) is 5.32 Å². The van der Waals surface area contributed by atoms with E-state index < -0.39 is 12.1 Å². The van der Waals surface area contributed by atoms with Gasteiger partial charge in [-0.25, -0.2) is 4.79 Å². The monoisotopic (exact) mass is 321 g/mol. The van der Waals surface area contributed by atoms with E-state index in [0.717, 1.165) is 11.1 Å². The van der Waals surface area contributed by atoms with Gasteiger partial charge in [-0.05, 0) is 18.1 Å². The first-order valence-corrected chi connectivity index (χ1v) is 7.29. The zero-order valence-electron chi connectivity index (χ0n) is 13.5. The van der Waals surface area contributed by atoms with Crippen LogP contribution in [0.15, 0.2) is 36.9 Å². The molecule has 0 bridgehead atoms. The lowest BCUT2D eigenvalue weighted by Crippen LogP contribution is -2.31. The van der Waals surface area contributed by atoms with Gasteiger partial charge in [-0.2, -0.15) is 0 Å². The van der Waals surface area contributed by atoms with Gasteiger partial charge in [0.1, 0.15) is 0 Å². The van der Waals surface area contributed by atoms with E-state index in [-0.39, 0.29) is 19.1 Å². The molecule has 1 aromatic carbocycles. The van der Waals surface area contributed by atoms with Crippen molar-refractivity contribution in [2.45, 2.75) is 26.2 Å². The highest BCUT2D eigenvalue weighted by molar-refractivity contribution is 5.81. The Kier molecular flexibility index (Phi) is 8.64. The Morgan fingerprint density at radius 3 is 2.52 bits per heavy atom. The van der Waals surface area contributed by atoms with Gasteiger partial charge < -0.3 is 19.5 Å². The molecule has 1 atom stereocenters. The van der Waals surface area contributed by atoms with Crippen LogP contribution in [0.3, 0.4) is 0 Å². The second-order valence-electron chi connectivity index (χ2n) is 4.90. The quantitative estimate of drug-likeness (QED) is 0.523. The molecule has 6 nitrogen and oxygen atoms in total. The summed E-state index contributed by atoms with van der Waals surface area (Å²) in [6.07, 6.45) is 0.808. The predicted molar refractivity (Wildman–Crippen MR) is 85.6 cm³/mol. The van der Waals surface area contributed by atoms with Crippen LogP contribution in [0, 0.1) is 0 Å². The number of carbonyl (C=O) groups is 2. The SMILES string of the molecule is C=CCOC(C)C(=O)OCC(=O)NCc1ccc(COC)cc1. The molecule has 0 aliphatic carbocycles. The molecule has 0 radical (unpaired) electrons. The fraction of sp³-hybridized carbons (Fsp3) is 0.412. The van der Waals surface area contributed by atoms with E-state index in [4.69, 9.17) is 14.2 Å². The van der Waals surface area contributed by atoms with Crippen molar-refractivity contribution in [1.29, 1.82) is 0 Å². The minimum Gasteiger partial charge on any atom is -0.454 e. The average molecular weight is 321 g/mol. The summed E-state index contributed by atoms with van der Waals surface area (Å²) in [5.41, 5.74) is 2.01. The Balaban J connectivity index is 2.28. The summed E-state index contributed by atoms with van der Waals surface area (Å²) >= 11 is 0. The Bertz CT molecular complexity index is 512. The third kappa shape index (κ3) is 7.58. The highest BCUT2D eigenvalue weighted by Gasteiger charge is 2.15. The number of esters is 1. The lowest BCUT2D eigenvalue weighted by molar-refractivity contribution is -0.158. The number of ether oxygens (including phenoxy) is 3. The van der Waals surface area contributed by atoms with Gasteiger partial charge in [-0.3, -0.25) is 4.79 Å². The van der Waals surface area contributed by atoms with Crippen LogP contribution in [0.2, 0.25) is 0 Å². The summed E-state index contributed by atoms with van der Waals surface area (Å²) in [6.45, 7) is 5.89. The minimum absolute atomic E-state index is 0.252. The number of carbonyl (C=O) groups excluding carboxylic acids is 2. The summed E-state index contributed by atoms with van der Waals surface area (Å²) in [5.74, 6) is -0.943. The fourth-order valence-corrected chi connectivity index (χ4v) is 1.71. The molecule has 1 rings (SSSR count). The highest BCUT2D eigenvalue weighted by atomic mass is 16.6. The molecule has 1 N–H and O–H groups in total. The van der Waals surface area contributed by atoms with Gasteiger partial charge in [0.2, 0.25) is 0 Å². The van der Waals surface area contributed by atoms with Gasteiger partial charge >= 0.3 is 5.97 Å². The van der Waals surface area contributed by atoms with Crippen molar-refractivity contribution < 1.29 is 23.8 Å². The number of methoxy groups -OCH3 is 1. The van der Waals surface area contributed by atoms with Crippen molar-refractivity contribution in [2.75, 3.05) is 20.3 Å². The van der Waals surface area contributed by atoms with Crippen LogP contribution in [-0.4, -0.2) is 38.3 Å². The summed E-state index contributed by atoms with van der Waals surface area (Å²) in [7, 11) is 1.64. The van der Waals surface area contributed by atoms with E-state index in [2.05, 4.69) is 11.9 Å². The van der Waals surface area contributed by atoms with E-state index in [0.29, 0.717) is 13.2 Å². The van der Waals surface area contributed by atoms with E-state index in [1.54, 1.807) is 14.0 Å². The first-order chi connectivity index (χ1) is 11.1. The number of rotatable bonds is 10. The van der Waals surface area contributed by atoms with Gasteiger partial charge in [0.15, 0.2) is 12.7 Å². The first kappa shape index (κ1) is 18.9. The lowest BCUT2D eigenvalue weighted by Gasteiger charge is -2.11. The van der Waals surface area contributed by atoms with E-state index >= 15 is 0 Å². The molecular formula is C17H23NO5. The molecule has 0 saturated heterocycles. The molecular weight excluding hydrogens is 298 g/mol. The number of benzene rings is 1. The first-order valence-electron chi connectivity index (χ1n) is 7.29. The van der Waals surface area contributed by atoms with Crippen LogP contribution in [-0.2, 0) is 37.0 Å². The molecule has 0 fully saturated rings. The van der Waals surface area contributed by atoms with Crippen molar-refractivity contribution in [3.63, 3.8) is 0 Å². The maximum absolute atomic E-state index is 11.7. The summed E-state index contributed by atoms with van der Waals surface area (Å²) in [4.78, 5) is 23.2. The third-order valence-electron chi connectivity index (χ3n) is 2.97. The second kappa shape index (κ2) is 10.5. The van der Waals surface area contributed by atoms with Crippen LogP contribution in [0.5, 0.6) is 0 Å². The van der Waals surface area contributed by atoms with Crippen LogP contribution in [0.25, 0.3) is 0 Å². The van der Waals surface area contributed by atoms with Gasteiger partial charge in [0.05, 0.1) is 13.2 Å². The third-order valence-corrected chi connectivity index (χ3v) is 2.97. The molecule has 1 unspecified atom stereocenters. The Morgan fingerprint density at radius 2 is 1.91 bits per heavy atom. The number of amides is 1. The van der Waals surface area contributed by atoms with Crippen molar-refractivity contribution in [2.24, 2.45) is 0 Å². The maximum Gasteiger partial charge on any atom is 0.335 e. The second-order valence-corrected chi connectivity index (χ2v) is 4.90. The van der Waals surface area contributed by atoms with Crippen LogP contribution >= 0.6 is 0 Å². The molecule has 0 aliphatic rings. The molecule has 1 amide bonds. The smallest absolute Gasteiger partial charge is 0.335 e. The largest absolute Gasteiger partial charge is 0.454 e. The number of nitrogens with one attached hydrogen (secondary N) is 1. The van der Waals surface area contributed by atoms with Crippen molar-refractivity contribution >= 4 is 11.9 Å². The van der Waals surface area contributed by atoms with Gasteiger partial charge in [-0.1, -0.05) is 30.3 Å². The summed E-state index contributed by atoms with van der Waals surface area (Å²) in [5, 5.41) is 2.68. The summed E-state index contributed by atoms with van der Waals surface area (Å²) in [6, 6.07) is 7.69. The molecule has 6 heteroatoms. The van der Waals surface area contributed by atoms with Gasteiger partial charge in [0.25, 0.3) is 5.91 Å². The zero-order chi connectivity index (χ0) is 17.1. The molecule has 1 aromatic rings. The normalized spacial score (nSPS) is 11.6. The maximum atomic E-state index is 11.7. The Hall–Kier alpha value is -2.18. The fourth-order valence-electron chi connectivity index (χ4n) is 1.71. The van der Waals surface area contributed by atoms with Crippen molar-refractivity contribution in [3.05, 3.63) is 48.0 Å². The standard InChI is InChI=1S/C17H23NO5/c1-4-9-22-13(2)17(20)23-12-16(19)18-10-14-5-7-15(8-6-14)11-21-3/h4-8,13H,1,9-12H2,2-3H3,(H,18,19). The molecule has 0 heterocycles. The molecule has 0 aromatic heterocycles. The molecule has 126 valence electrons. The van der Waals surface area contributed by atoms with Crippen molar-refractivity contribution in [3.8, 4) is 0 Å². The van der Waals surface area contributed by atoms with E-state index in [9.17, 15) is 9.59 Å². The minimum atomic E-state index is -0.728.